The van der Waals surface area contributed by atoms with Gasteiger partial charge in [-0.1, -0.05) is 30.3 Å². The fourth-order valence-corrected chi connectivity index (χ4v) is 3.33. The van der Waals surface area contributed by atoms with E-state index in [2.05, 4.69) is 17.1 Å². The minimum atomic E-state index is 0.0900. The monoisotopic (exact) mass is 313 g/mol. The lowest BCUT2D eigenvalue weighted by atomic mass is 9.92. The number of benzene rings is 1. The fraction of sp³-hybridized carbons (Fsp3) is 0.444. The van der Waals surface area contributed by atoms with Crippen molar-refractivity contribution < 1.29 is 9.53 Å². The summed E-state index contributed by atoms with van der Waals surface area (Å²) in [6, 6.07) is 10.4. The molecule has 0 spiro atoms. The smallest absolute Gasteiger partial charge is 0.242 e. The first-order valence-corrected chi connectivity index (χ1v) is 8.10. The molecule has 0 N–H and O–H groups in total. The van der Waals surface area contributed by atoms with Gasteiger partial charge in [0.05, 0.1) is 18.5 Å². The molecule has 0 saturated carbocycles. The highest BCUT2D eigenvalue weighted by molar-refractivity contribution is 5.76. The molecule has 3 rings (SSSR count). The predicted octanol–water partition coefficient (Wildman–Crippen LogP) is 2.13. The molecule has 1 aliphatic rings. The van der Waals surface area contributed by atoms with E-state index >= 15 is 0 Å². The number of hydrogen-bond acceptors (Lipinski definition) is 3. The Kier molecular flexibility index (Phi) is 5.08. The summed E-state index contributed by atoms with van der Waals surface area (Å²) in [7, 11) is 1.74. The van der Waals surface area contributed by atoms with Crippen LogP contribution in [0, 0.1) is 0 Å². The average Bonchev–Trinajstić information content (AvgIpc) is 3.09. The second-order valence-electron chi connectivity index (χ2n) is 6.00. The standard InChI is InChI=1S/C18H23N3O2/c1-23-17-8-5-10-21(18(22)13-20-11-9-19-14-20)16(17)12-15-6-3-2-4-7-15/h2-4,6-7,9,11,14,16-17H,5,8,10,12-13H2,1H3/t16-,17-/m0/s1. The molecule has 2 atom stereocenters. The number of imidazole rings is 1. The van der Waals surface area contributed by atoms with Gasteiger partial charge in [-0.2, -0.15) is 0 Å². The van der Waals surface area contributed by atoms with Crippen LogP contribution in [0.25, 0.3) is 0 Å². The van der Waals surface area contributed by atoms with E-state index in [1.807, 2.05) is 33.9 Å². The van der Waals surface area contributed by atoms with Crippen molar-refractivity contribution in [3.05, 3.63) is 54.6 Å². The molecule has 1 saturated heterocycles. The van der Waals surface area contributed by atoms with E-state index in [1.54, 1.807) is 19.6 Å². The quantitative estimate of drug-likeness (QED) is 0.849. The third-order valence-electron chi connectivity index (χ3n) is 4.50. The maximum atomic E-state index is 12.7. The van der Waals surface area contributed by atoms with Gasteiger partial charge in [0.15, 0.2) is 0 Å². The van der Waals surface area contributed by atoms with Crippen molar-refractivity contribution in [2.24, 2.45) is 0 Å². The maximum Gasteiger partial charge on any atom is 0.242 e. The van der Waals surface area contributed by atoms with Gasteiger partial charge in [-0.25, -0.2) is 4.98 Å². The van der Waals surface area contributed by atoms with E-state index < -0.39 is 0 Å². The minimum absolute atomic E-state index is 0.0900. The van der Waals surface area contributed by atoms with E-state index in [-0.39, 0.29) is 18.1 Å². The third-order valence-corrected chi connectivity index (χ3v) is 4.50. The van der Waals surface area contributed by atoms with E-state index in [9.17, 15) is 4.79 Å². The molecule has 122 valence electrons. The zero-order chi connectivity index (χ0) is 16.1. The Morgan fingerprint density at radius 2 is 2.17 bits per heavy atom. The Balaban J connectivity index is 1.76. The van der Waals surface area contributed by atoms with Gasteiger partial charge >= 0.3 is 0 Å². The number of methoxy groups -OCH3 is 1. The molecular formula is C18H23N3O2. The number of piperidine rings is 1. The van der Waals surface area contributed by atoms with Crippen molar-refractivity contribution in [2.75, 3.05) is 13.7 Å². The van der Waals surface area contributed by atoms with Crippen LogP contribution in [-0.2, 0) is 22.5 Å². The van der Waals surface area contributed by atoms with Crippen molar-refractivity contribution >= 4 is 5.91 Å². The largest absolute Gasteiger partial charge is 0.379 e. The normalized spacial score (nSPS) is 21.3. The van der Waals surface area contributed by atoms with Crippen LogP contribution in [-0.4, -0.2) is 46.2 Å². The first-order chi connectivity index (χ1) is 11.3. The van der Waals surface area contributed by atoms with Gasteiger partial charge in [-0.15, -0.1) is 0 Å². The summed E-state index contributed by atoms with van der Waals surface area (Å²) in [4.78, 5) is 18.7. The van der Waals surface area contributed by atoms with Crippen LogP contribution in [0.5, 0.6) is 0 Å². The Labute approximate surface area is 136 Å². The lowest BCUT2D eigenvalue weighted by Crippen LogP contribution is -2.53. The molecule has 1 aromatic heterocycles. The number of rotatable bonds is 5. The summed E-state index contributed by atoms with van der Waals surface area (Å²) in [5, 5.41) is 0. The molecule has 5 heteroatoms. The first-order valence-electron chi connectivity index (χ1n) is 8.10. The molecule has 23 heavy (non-hydrogen) atoms. The van der Waals surface area contributed by atoms with E-state index in [0.29, 0.717) is 6.54 Å². The molecule has 2 heterocycles. The Hall–Kier alpha value is -2.14. The van der Waals surface area contributed by atoms with Crippen LogP contribution in [0.15, 0.2) is 49.1 Å². The molecule has 5 nitrogen and oxygen atoms in total. The average molecular weight is 313 g/mol. The number of nitrogens with zero attached hydrogens (tertiary/aromatic N) is 3. The predicted molar refractivity (Wildman–Crippen MR) is 87.9 cm³/mol. The van der Waals surface area contributed by atoms with E-state index in [4.69, 9.17) is 4.74 Å². The molecule has 0 aliphatic carbocycles. The topological polar surface area (TPSA) is 47.4 Å². The second-order valence-corrected chi connectivity index (χ2v) is 6.00. The Morgan fingerprint density at radius 3 is 2.87 bits per heavy atom. The molecule has 0 unspecified atom stereocenters. The summed E-state index contributed by atoms with van der Waals surface area (Å²) < 4.78 is 7.50. The summed E-state index contributed by atoms with van der Waals surface area (Å²) in [6.45, 7) is 1.13. The molecule has 0 radical (unpaired) electrons. The molecule has 0 bridgehead atoms. The van der Waals surface area contributed by atoms with Gasteiger partial charge in [0, 0.05) is 26.0 Å². The third kappa shape index (κ3) is 3.79. The van der Waals surface area contributed by atoms with Gasteiger partial charge < -0.3 is 14.2 Å². The number of hydrogen-bond donors (Lipinski definition) is 0. The van der Waals surface area contributed by atoms with Gasteiger partial charge in [-0.3, -0.25) is 4.79 Å². The maximum absolute atomic E-state index is 12.7. The van der Waals surface area contributed by atoms with Crippen LogP contribution >= 0.6 is 0 Å². The lowest BCUT2D eigenvalue weighted by Gasteiger charge is -2.41. The highest BCUT2D eigenvalue weighted by Crippen LogP contribution is 2.24. The van der Waals surface area contributed by atoms with Gasteiger partial charge in [0.1, 0.15) is 6.54 Å². The molecule has 1 fully saturated rings. The van der Waals surface area contributed by atoms with Crippen molar-refractivity contribution in [1.29, 1.82) is 0 Å². The molecule has 1 amide bonds. The number of ether oxygens (including phenoxy) is 1. The minimum Gasteiger partial charge on any atom is -0.379 e. The van der Waals surface area contributed by atoms with Crippen molar-refractivity contribution in [3.63, 3.8) is 0 Å². The van der Waals surface area contributed by atoms with Crippen molar-refractivity contribution in [2.45, 2.75) is 38.0 Å². The molecule has 1 aromatic carbocycles. The first kappa shape index (κ1) is 15.7. The lowest BCUT2D eigenvalue weighted by molar-refractivity contribution is -0.140. The van der Waals surface area contributed by atoms with E-state index in [0.717, 1.165) is 25.8 Å². The fourth-order valence-electron chi connectivity index (χ4n) is 3.33. The number of likely N-dealkylation sites (tertiary alicyclic amines) is 1. The van der Waals surface area contributed by atoms with Gasteiger partial charge in [0.2, 0.25) is 5.91 Å². The number of aromatic nitrogens is 2. The molecular weight excluding hydrogens is 290 g/mol. The summed E-state index contributed by atoms with van der Waals surface area (Å²) >= 11 is 0. The van der Waals surface area contributed by atoms with Crippen LogP contribution < -0.4 is 0 Å². The van der Waals surface area contributed by atoms with E-state index in [1.165, 1.54) is 5.56 Å². The van der Waals surface area contributed by atoms with Crippen molar-refractivity contribution in [1.82, 2.24) is 14.5 Å². The summed E-state index contributed by atoms with van der Waals surface area (Å²) in [6.07, 6.45) is 8.11. The van der Waals surface area contributed by atoms with Crippen LogP contribution in [0.4, 0.5) is 0 Å². The van der Waals surface area contributed by atoms with Crippen molar-refractivity contribution in [3.8, 4) is 0 Å². The molecule has 1 aliphatic heterocycles. The van der Waals surface area contributed by atoms with Crippen LogP contribution in [0.1, 0.15) is 18.4 Å². The van der Waals surface area contributed by atoms with Crippen LogP contribution in [0.3, 0.4) is 0 Å². The summed E-state index contributed by atoms with van der Waals surface area (Å²) in [5.74, 6) is 0.130. The highest BCUT2D eigenvalue weighted by Gasteiger charge is 2.34. The number of carbonyl (C=O) groups is 1. The number of carbonyl (C=O) groups excluding carboxylic acids is 1. The zero-order valence-corrected chi connectivity index (χ0v) is 13.5. The number of amides is 1. The second kappa shape index (κ2) is 7.42. The Bertz CT molecular complexity index is 612. The zero-order valence-electron chi connectivity index (χ0n) is 13.5. The van der Waals surface area contributed by atoms with Gasteiger partial charge in [0.25, 0.3) is 0 Å². The molecule has 2 aromatic rings. The van der Waals surface area contributed by atoms with Crippen LogP contribution in [0.2, 0.25) is 0 Å². The van der Waals surface area contributed by atoms with Gasteiger partial charge in [-0.05, 0) is 24.8 Å². The SMILES string of the molecule is CO[C@H]1CCCN(C(=O)Cn2ccnc2)[C@H]1Cc1ccccc1. The highest BCUT2D eigenvalue weighted by atomic mass is 16.5. The summed E-state index contributed by atoms with van der Waals surface area (Å²) in [5.41, 5.74) is 1.24. The Morgan fingerprint density at radius 1 is 1.35 bits per heavy atom.